The van der Waals surface area contributed by atoms with Gasteiger partial charge < -0.3 is 10.1 Å². The van der Waals surface area contributed by atoms with Crippen LogP contribution in [0.15, 0.2) is 53.6 Å². The van der Waals surface area contributed by atoms with E-state index in [0.717, 1.165) is 5.69 Å². The molecule has 2 aromatic rings. The zero-order chi connectivity index (χ0) is 22.3. The Labute approximate surface area is 182 Å². The lowest BCUT2D eigenvalue weighted by molar-refractivity contribution is -0.126. The van der Waals surface area contributed by atoms with Gasteiger partial charge in [-0.1, -0.05) is 6.07 Å². The van der Waals surface area contributed by atoms with Gasteiger partial charge in [-0.3, -0.25) is 9.78 Å². The van der Waals surface area contributed by atoms with Gasteiger partial charge in [-0.2, -0.15) is 4.31 Å². The Bertz CT molecular complexity index is 986. The van der Waals surface area contributed by atoms with E-state index in [1.165, 1.54) is 28.6 Å². The van der Waals surface area contributed by atoms with Crippen LogP contribution in [0.5, 0.6) is 0 Å². The van der Waals surface area contributed by atoms with Crippen molar-refractivity contribution in [2.75, 3.05) is 26.2 Å². The molecule has 0 atom stereocenters. The molecule has 3 rings (SSSR count). The first-order chi connectivity index (χ1) is 14.9. The third kappa shape index (κ3) is 5.89. The van der Waals surface area contributed by atoms with E-state index in [-0.39, 0.29) is 36.4 Å². The van der Waals surface area contributed by atoms with Gasteiger partial charge in [-0.25, -0.2) is 13.2 Å². The molecule has 0 spiro atoms. The van der Waals surface area contributed by atoms with Gasteiger partial charge in [-0.15, -0.1) is 0 Å². The molecule has 0 unspecified atom stereocenters. The van der Waals surface area contributed by atoms with Crippen LogP contribution in [0.2, 0.25) is 0 Å². The predicted molar refractivity (Wildman–Crippen MR) is 115 cm³/mol. The molecule has 1 aliphatic heterocycles. The van der Waals surface area contributed by atoms with Crippen molar-refractivity contribution in [1.29, 1.82) is 0 Å². The maximum Gasteiger partial charge on any atom is 0.338 e. The molecular weight excluding hydrogens is 418 g/mol. The average Bonchev–Trinajstić information content (AvgIpc) is 2.80. The molecule has 1 aliphatic rings. The lowest BCUT2D eigenvalue weighted by Gasteiger charge is -2.30. The number of amides is 1. The molecule has 0 bridgehead atoms. The number of sulfonamides is 1. The van der Waals surface area contributed by atoms with Gasteiger partial charge in [0, 0.05) is 43.9 Å². The molecule has 9 heteroatoms. The Balaban J connectivity index is 1.51. The Hall–Kier alpha value is -2.78. The van der Waals surface area contributed by atoms with E-state index in [2.05, 4.69) is 10.3 Å². The summed E-state index contributed by atoms with van der Waals surface area (Å²) in [6, 6.07) is 11.4. The van der Waals surface area contributed by atoms with Crippen LogP contribution in [0.4, 0.5) is 0 Å². The van der Waals surface area contributed by atoms with Crippen molar-refractivity contribution >= 4 is 21.9 Å². The van der Waals surface area contributed by atoms with E-state index in [4.69, 9.17) is 4.74 Å². The fraction of sp³-hybridized carbons (Fsp3) is 0.409. The Kier molecular flexibility index (Phi) is 7.75. The van der Waals surface area contributed by atoms with Crippen LogP contribution >= 0.6 is 0 Å². The number of nitrogens with one attached hydrogen (secondary N) is 1. The SMILES string of the molecule is CCOC(=O)c1ccc(S(=O)(=O)N2CCC(C(=O)NCCc3ccccn3)CC2)cc1. The predicted octanol–water partition coefficient (Wildman–Crippen LogP) is 2.02. The number of hydrogen-bond acceptors (Lipinski definition) is 6. The lowest BCUT2D eigenvalue weighted by atomic mass is 9.97. The van der Waals surface area contributed by atoms with Crippen molar-refractivity contribution in [2.24, 2.45) is 5.92 Å². The van der Waals surface area contributed by atoms with Crippen LogP contribution in [-0.2, 0) is 26.0 Å². The summed E-state index contributed by atoms with van der Waals surface area (Å²) < 4.78 is 32.1. The summed E-state index contributed by atoms with van der Waals surface area (Å²) in [6.07, 6.45) is 3.31. The number of pyridine rings is 1. The minimum Gasteiger partial charge on any atom is -0.462 e. The topological polar surface area (TPSA) is 106 Å². The molecule has 1 saturated heterocycles. The Morgan fingerprint density at radius 1 is 1.13 bits per heavy atom. The van der Waals surface area contributed by atoms with Crippen LogP contribution in [0.1, 0.15) is 35.8 Å². The number of nitrogens with zero attached hydrogens (tertiary/aromatic N) is 2. The van der Waals surface area contributed by atoms with Gasteiger partial charge >= 0.3 is 5.97 Å². The molecule has 8 nitrogen and oxygen atoms in total. The van der Waals surface area contributed by atoms with Crippen molar-refractivity contribution in [3.63, 3.8) is 0 Å². The second kappa shape index (κ2) is 10.5. The van der Waals surface area contributed by atoms with Crippen molar-refractivity contribution < 1.29 is 22.7 Å². The van der Waals surface area contributed by atoms with E-state index in [0.29, 0.717) is 31.4 Å². The largest absolute Gasteiger partial charge is 0.462 e. The minimum absolute atomic E-state index is 0.0493. The van der Waals surface area contributed by atoms with E-state index >= 15 is 0 Å². The second-order valence-electron chi connectivity index (χ2n) is 7.29. The monoisotopic (exact) mass is 445 g/mol. The smallest absolute Gasteiger partial charge is 0.338 e. The molecule has 166 valence electrons. The molecule has 1 N–H and O–H groups in total. The minimum atomic E-state index is -3.68. The lowest BCUT2D eigenvalue weighted by Crippen LogP contribution is -2.43. The summed E-state index contributed by atoms with van der Waals surface area (Å²) in [5.41, 5.74) is 1.22. The van der Waals surface area contributed by atoms with E-state index in [1.54, 1.807) is 13.1 Å². The Morgan fingerprint density at radius 2 is 1.84 bits per heavy atom. The number of aromatic nitrogens is 1. The number of hydrogen-bond donors (Lipinski definition) is 1. The van der Waals surface area contributed by atoms with E-state index < -0.39 is 16.0 Å². The van der Waals surface area contributed by atoms with E-state index in [9.17, 15) is 18.0 Å². The summed E-state index contributed by atoms with van der Waals surface area (Å²) >= 11 is 0. The molecule has 1 aromatic heterocycles. The second-order valence-corrected chi connectivity index (χ2v) is 9.22. The molecule has 1 aromatic carbocycles. The summed E-state index contributed by atoms with van der Waals surface area (Å²) in [5, 5.41) is 2.92. The quantitative estimate of drug-likeness (QED) is 0.623. The molecule has 31 heavy (non-hydrogen) atoms. The molecule has 0 radical (unpaired) electrons. The fourth-order valence-corrected chi connectivity index (χ4v) is 4.96. The van der Waals surface area contributed by atoms with Gasteiger partial charge in [0.1, 0.15) is 0 Å². The fourth-order valence-electron chi connectivity index (χ4n) is 3.49. The standard InChI is InChI=1S/C22H27N3O5S/c1-2-30-22(27)18-6-8-20(9-7-18)31(28,29)25-15-11-17(12-16-25)21(26)24-14-10-19-5-3-4-13-23-19/h3-9,13,17H,2,10-12,14-16H2,1H3,(H,24,26). The summed E-state index contributed by atoms with van der Waals surface area (Å²) in [7, 11) is -3.68. The van der Waals surface area contributed by atoms with Crippen LogP contribution in [-0.4, -0.2) is 55.8 Å². The normalized spacial score (nSPS) is 15.4. The molecule has 0 aliphatic carbocycles. The highest BCUT2D eigenvalue weighted by molar-refractivity contribution is 7.89. The zero-order valence-corrected chi connectivity index (χ0v) is 18.3. The van der Waals surface area contributed by atoms with Gasteiger partial charge in [0.15, 0.2) is 0 Å². The highest BCUT2D eigenvalue weighted by Gasteiger charge is 2.32. The molecule has 0 saturated carbocycles. The van der Waals surface area contributed by atoms with Crippen LogP contribution in [0, 0.1) is 5.92 Å². The average molecular weight is 446 g/mol. The van der Waals surface area contributed by atoms with Gasteiger partial charge in [-0.05, 0) is 56.2 Å². The van der Waals surface area contributed by atoms with Gasteiger partial charge in [0.2, 0.25) is 15.9 Å². The van der Waals surface area contributed by atoms with Crippen molar-refractivity contribution in [2.45, 2.75) is 31.1 Å². The molecule has 1 amide bonds. The van der Waals surface area contributed by atoms with E-state index in [1.807, 2.05) is 18.2 Å². The number of rotatable bonds is 8. The summed E-state index contributed by atoms with van der Waals surface area (Å²) in [6.45, 7) is 3.02. The molecule has 1 fully saturated rings. The van der Waals surface area contributed by atoms with Crippen LogP contribution < -0.4 is 5.32 Å². The third-order valence-electron chi connectivity index (χ3n) is 5.23. The molecule has 2 heterocycles. The van der Waals surface area contributed by atoms with Gasteiger partial charge in [0.25, 0.3) is 0 Å². The highest BCUT2D eigenvalue weighted by Crippen LogP contribution is 2.24. The summed E-state index contributed by atoms with van der Waals surface area (Å²) in [4.78, 5) is 28.5. The van der Waals surface area contributed by atoms with Gasteiger partial charge in [0.05, 0.1) is 17.1 Å². The third-order valence-corrected chi connectivity index (χ3v) is 7.15. The number of ether oxygens (including phenoxy) is 1. The van der Waals surface area contributed by atoms with Crippen LogP contribution in [0.25, 0.3) is 0 Å². The Morgan fingerprint density at radius 3 is 2.45 bits per heavy atom. The van der Waals surface area contributed by atoms with Crippen molar-refractivity contribution in [3.8, 4) is 0 Å². The first-order valence-corrected chi connectivity index (χ1v) is 11.8. The maximum atomic E-state index is 12.9. The summed E-state index contributed by atoms with van der Waals surface area (Å²) in [5.74, 6) is -0.741. The van der Waals surface area contributed by atoms with Crippen LogP contribution in [0.3, 0.4) is 0 Å². The van der Waals surface area contributed by atoms with Crippen molar-refractivity contribution in [3.05, 3.63) is 59.9 Å². The van der Waals surface area contributed by atoms with Crippen molar-refractivity contribution in [1.82, 2.24) is 14.6 Å². The maximum absolute atomic E-state index is 12.9. The first-order valence-electron chi connectivity index (χ1n) is 10.4. The number of carbonyl (C=O) groups excluding carboxylic acids is 2. The highest BCUT2D eigenvalue weighted by atomic mass is 32.2. The number of esters is 1. The number of piperidine rings is 1. The molecular formula is C22H27N3O5S. The number of carbonyl (C=O) groups is 2. The first kappa shape index (κ1) is 22.9. The number of benzene rings is 1. The zero-order valence-electron chi connectivity index (χ0n) is 17.5.